The fourth-order valence-electron chi connectivity index (χ4n) is 2.80. The van der Waals surface area contributed by atoms with Crippen molar-refractivity contribution in [3.63, 3.8) is 0 Å². The van der Waals surface area contributed by atoms with Gasteiger partial charge in [-0.25, -0.2) is 0 Å². The molecule has 5 nitrogen and oxygen atoms in total. The van der Waals surface area contributed by atoms with E-state index >= 15 is 0 Å². The molecule has 0 aromatic carbocycles. The van der Waals surface area contributed by atoms with Crippen molar-refractivity contribution in [2.75, 3.05) is 72.5 Å². The van der Waals surface area contributed by atoms with E-state index in [1.54, 1.807) is 0 Å². The van der Waals surface area contributed by atoms with E-state index in [0.717, 1.165) is 32.7 Å². The quantitative estimate of drug-likeness (QED) is 0.706. The van der Waals surface area contributed by atoms with Crippen molar-refractivity contribution < 1.29 is 4.79 Å². The number of carbonyl (C=O) groups excluding carboxylic acids is 1. The van der Waals surface area contributed by atoms with Gasteiger partial charge in [-0.15, -0.1) is 0 Å². The van der Waals surface area contributed by atoms with E-state index in [9.17, 15) is 4.79 Å². The highest BCUT2D eigenvalue weighted by Crippen LogP contribution is 2.05. The Hall–Kier alpha value is -0.650. The van der Waals surface area contributed by atoms with E-state index < -0.39 is 0 Å². The molecule has 2 heterocycles. The molecule has 19 heavy (non-hydrogen) atoms. The Morgan fingerprint density at radius 1 is 0.842 bits per heavy atom. The second-order valence-electron chi connectivity index (χ2n) is 5.72. The van der Waals surface area contributed by atoms with Gasteiger partial charge >= 0.3 is 0 Å². The molecule has 0 spiro atoms. The number of piperazine rings is 2. The molecule has 2 saturated heterocycles. The predicted molar refractivity (Wildman–Crippen MR) is 77.2 cm³/mol. The molecule has 1 amide bonds. The van der Waals surface area contributed by atoms with Crippen molar-refractivity contribution in [1.82, 2.24) is 19.6 Å². The van der Waals surface area contributed by atoms with E-state index in [1.165, 1.54) is 32.7 Å². The highest BCUT2D eigenvalue weighted by molar-refractivity contribution is 5.75. The summed E-state index contributed by atoms with van der Waals surface area (Å²) in [5, 5.41) is 0. The summed E-state index contributed by atoms with van der Waals surface area (Å²) in [5.41, 5.74) is 0. The summed E-state index contributed by atoms with van der Waals surface area (Å²) in [4.78, 5) is 21.1. The molecular weight excluding hydrogens is 240 g/mol. The second kappa shape index (κ2) is 7.22. The molecule has 110 valence electrons. The van der Waals surface area contributed by atoms with Crippen LogP contribution >= 0.6 is 0 Å². The van der Waals surface area contributed by atoms with Crippen LogP contribution in [-0.4, -0.2) is 98.0 Å². The number of hydrogen-bond donors (Lipinski definition) is 0. The summed E-state index contributed by atoms with van der Waals surface area (Å²) < 4.78 is 0. The Kier molecular flexibility index (Phi) is 5.60. The summed E-state index contributed by atoms with van der Waals surface area (Å²) in [6.07, 6.45) is 0.640. The summed E-state index contributed by atoms with van der Waals surface area (Å²) in [7, 11) is 2.20. The van der Waals surface area contributed by atoms with Gasteiger partial charge in [-0.05, 0) is 7.05 Å². The fourth-order valence-corrected chi connectivity index (χ4v) is 2.80. The first kappa shape index (κ1) is 14.8. The number of hydrogen-bond acceptors (Lipinski definition) is 4. The van der Waals surface area contributed by atoms with Crippen LogP contribution in [0.2, 0.25) is 0 Å². The van der Waals surface area contributed by atoms with Crippen LogP contribution in [0.4, 0.5) is 0 Å². The van der Waals surface area contributed by atoms with Gasteiger partial charge in [-0.2, -0.15) is 0 Å². The highest BCUT2D eigenvalue weighted by Gasteiger charge is 2.20. The molecule has 0 atom stereocenters. The zero-order valence-corrected chi connectivity index (χ0v) is 12.5. The van der Waals surface area contributed by atoms with Gasteiger partial charge in [0, 0.05) is 71.9 Å². The third-order valence-electron chi connectivity index (χ3n) is 4.36. The van der Waals surface area contributed by atoms with Crippen LogP contribution in [0.25, 0.3) is 0 Å². The molecule has 2 fully saturated rings. The number of rotatable bonds is 4. The lowest BCUT2D eigenvalue weighted by Gasteiger charge is -2.37. The zero-order chi connectivity index (χ0) is 13.7. The SMILES string of the molecule is CCC(=O)N1CCN(CCN2CCN(C)CC2)CC1. The lowest BCUT2D eigenvalue weighted by Crippen LogP contribution is -2.51. The van der Waals surface area contributed by atoms with Gasteiger partial charge in [-0.1, -0.05) is 6.92 Å². The van der Waals surface area contributed by atoms with Crippen LogP contribution in [-0.2, 0) is 4.79 Å². The monoisotopic (exact) mass is 268 g/mol. The predicted octanol–water partition coefficient (Wildman–Crippen LogP) is -0.212. The van der Waals surface area contributed by atoms with Crippen LogP contribution in [0.1, 0.15) is 13.3 Å². The van der Waals surface area contributed by atoms with Gasteiger partial charge in [0.25, 0.3) is 0 Å². The molecule has 0 radical (unpaired) electrons. The van der Waals surface area contributed by atoms with E-state index in [0.29, 0.717) is 12.3 Å². The van der Waals surface area contributed by atoms with Crippen molar-refractivity contribution in [1.29, 1.82) is 0 Å². The van der Waals surface area contributed by atoms with Crippen LogP contribution < -0.4 is 0 Å². The van der Waals surface area contributed by atoms with Gasteiger partial charge in [0.15, 0.2) is 0 Å². The van der Waals surface area contributed by atoms with E-state index in [1.807, 2.05) is 11.8 Å². The summed E-state index contributed by atoms with van der Waals surface area (Å²) >= 11 is 0. The first-order valence-electron chi connectivity index (χ1n) is 7.60. The third kappa shape index (κ3) is 4.44. The molecular formula is C14H28N4O. The molecule has 0 N–H and O–H groups in total. The molecule has 0 bridgehead atoms. The Morgan fingerprint density at radius 2 is 1.32 bits per heavy atom. The number of carbonyl (C=O) groups is 1. The third-order valence-corrected chi connectivity index (χ3v) is 4.36. The Labute approximate surface area is 117 Å². The molecule has 2 rings (SSSR count). The van der Waals surface area contributed by atoms with Gasteiger partial charge in [0.2, 0.25) is 5.91 Å². The maximum absolute atomic E-state index is 11.6. The Bertz CT molecular complexity index is 281. The standard InChI is InChI=1S/C14H28N4O/c1-3-14(19)18-12-10-17(11-13-18)9-8-16-6-4-15(2)5-7-16/h3-13H2,1-2H3. The van der Waals surface area contributed by atoms with Gasteiger partial charge in [-0.3, -0.25) is 14.6 Å². The minimum absolute atomic E-state index is 0.304. The zero-order valence-electron chi connectivity index (χ0n) is 12.5. The van der Waals surface area contributed by atoms with Crippen molar-refractivity contribution in [3.8, 4) is 0 Å². The Morgan fingerprint density at radius 3 is 1.79 bits per heavy atom. The van der Waals surface area contributed by atoms with E-state index in [-0.39, 0.29) is 0 Å². The van der Waals surface area contributed by atoms with Crippen molar-refractivity contribution in [2.24, 2.45) is 0 Å². The second-order valence-corrected chi connectivity index (χ2v) is 5.72. The number of amides is 1. The van der Waals surface area contributed by atoms with Crippen molar-refractivity contribution in [2.45, 2.75) is 13.3 Å². The van der Waals surface area contributed by atoms with Crippen LogP contribution in [0.5, 0.6) is 0 Å². The summed E-state index contributed by atoms with van der Waals surface area (Å²) in [6.45, 7) is 13.0. The average molecular weight is 268 g/mol. The van der Waals surface area contributed by atoms with Gasteiger partial charge < -0.3 is 9.80 Å². The van der Waals surface area contributed by atoms with E-state index in [2.05, 4.69) is 21.7 Å². The minimum Gasteiger partial charge on any atom is -0.340 e. The van der Waals surface area contributed by atoms with Crippen molar-refractivity contribution in [3.05, 3.63) is 0 Å². The fraction of sp³-hybridized carbons (Fsp3) is 0.929. The topological polar surface area (TPSA) is 30.0 Å². The largest absolute Gasteiger partial charge is 0.340 e. The smallest absolute Gasteiger partial charge is 0.222 e. The van der Waals surface area contributed by atoms with Crippen molar-refractivity contribution >= 4 is 5.91 Å². The molecule has 5 heteroatoms. The summed E-state index contributed by atoms with van der Waals surface area (Å²) in [5.74, 6) is 0.304. The van der Waals surface area contributed by atoms with Crippen LogP contribution in [0.3, 0.4) is 0 Å². The number of nitrogens with zero attached hydrogens (tertiary/aromatic N) is 4. The molecule has 0 saturated carbocycles. The Balaban J connectivity index is 1.62. The van der Waals surface area contributed by atoms with E-state index in [4.69, 9.17) is 0 Å². The lowest BCUT2D eigenvalue weighted by molar-refractivity contribution is -0.132. The first-order chi connectivity index (χ1) is 9.19. The number of likely N-dealkylation sites (N-methyl/N-ethyl adjacent to an activating group) is 1. The average Bonchev–Trinajstić information content (AvgIpc) is 2.46. The molecule has 0 aromatic rings. The van der Waals surface area contributed by atoms with Crippen LogP contribution in [0.15, 0.2) is 0 Å². The molecule has 0 unspecified atom stereocenters. The minimum atomic E-state index is 0.304. The summed E-state index contributed by atoms with van der Waals surface area (Å²) in [6, 6.07) is 0. The van der Waals surface area contributed by atoms with Crippen LogP contribution in [0, 0.1) is 0 Å². The maximum Gasteiger partial charge on any atom is 0.222 e. The van der Waals surface area contributed by atoms with Gasteiger partial charge in [0.05, 0.1) is 0 Å². The highest BCUT2D eigenvalue weighted by atomic mass is 16.2. The van der Waals surface area contributed by atoms with Gasteiger partial charge in [0.1, 0.15) is 0 Å². The molecule has 2 aliphatic rings. The normalized spacial score (nSPS) is 23.8. The maximum atomic E-state index is 11.6. The molecule has 0 aliphatic carbocycles. The molecule has 2 aliphatic heterocycles. The first-order valence-corrected chi connectivity index (χ1v) is 7.60. The lowest BCUT2D eigenvalue weighted by atomic mass is 10.2. The molecule has 0 aromatic heterocycles.